The molecule has 3 aromatic rings. The Balaban J connectivity index is 0.000000201. The zero-order chi connectivity index (χ0) is 19.4. The highest BCUT2D eigenvalue weighted by Crippen LogP contribution is 2.10. The maximum absolute atomic E-state index is 10.2. The van der Waals surface area contributed by atoms with Crippen LogP contribution in [-0.4, -0.2) is 42.3 Å². The molecule has 134 valence electrons. The Morgan fingerprint density at radius 1 is 0.654 bits per heavy atom. The van der Waals surface area contributed by atoms with E-state index in [1.807, 2.05) is 0 Å². The van der Waals surface area contributed by atoms with Crippen LogP contribution in [0.15, 0.2) is 73.3 Å². The lowest BCUT2D eigenvalue weighted by molar-refractivity contribution is 0.0685. The number of aromatic hydroxyl groups is 2. The standard InChI is InChI=1S/2C7H6O3.C4H4N2/c2*8-6-3-1-2-5(4-6)7(9)10;1-2-6-4-3-5-1/h2*1-4,8H,(H,9,10);1-4H. The van der Waals surface area contributed by atoms with E-state index < -0.39 is 11.9 Å². The Bertz CT molecular complexity index is 758. The highest BCUT2D eigenvalue weighted by molar-refractivity contribution is 5.88. The van der Waals surface area contributed by atoms with Gasteiger partial charge in [-0.15, -0.1) is 0 Å². The number of aromatic nitrogens is 2. The number of hydrogen-bond donors (Lipinski definition) is 4. The molecule has 2 aromatic carbocycles. The molecule has 0 aliphatic rings. The zero-order valence-corrected chi connectivity index (χ0v) is 13.4. The van der Waals surface area contributed by atoms with Crippen molar-refractivity contribution in [2.24, 2.45) is 0 Å². The quantitative estimate of drug-likeness (QED) is 0.549. The molecule has 0 fully saturated rings. The second kappa shape index (κ2) is 10.8. The third kappa shape index (κ3) is 8.06. The molecule has 8 nitrogen and oxygen atoms in total. The first-order valence-corrected chi connectivity index (χ1v) is 7.14. The normalized spacial score (nSPS) is 8.92. The van der Waals surface area contributed by atoms with Gasteiger partial charge in [-0.3, -0.25) is 9.97 Å². The van der Waals surface area contributed by atoms with Gasteiger partial charge in [-0.2, -0.15) is 0 Å². The molecular weight excluding hydrogens is 340 g/mol. The van der Waals surface area contributed by atoms with E-state index in [9.17, 15) is 9.59 Å². The van der Waals surface area contributed by atoms with Gasteiger partial charge < -0.3 is 20.4 Å². The Labute approximate surface area is 148 Å². The topological polar surface area (TPSA) is 141 Å². The van der Waals surface area contributed by atoms with Crippen LogP contribution in [0.2, 0.25) is 0 Å². The molecule has 0 radical (unpaired) electrons. The minimum absolute atomic E-state index is 0.0279. The fourth-order valence-corrected chi connectivity index (χ4v) is 1.53. The van der Waals surface area contributed by atoms with Crippen molar-refractivity contribution in [3.8, 4) is 11.5 Å². The number of hydrogen-bond acceptors (Lipinski definition) is 6. The van der Waals surface area contributed by atoms with E-state index in [-0.39, 0.29) is 22.6 Å². The number of nitrogens with zero attached hydrogens (tertiary/aromatic N) is 2. The average molecular weight is 356 g/mol. The van der Waals surface area contributed by atoms with Gasteiger partial charge in [-0.25, -0.2) is 9.59 Å². The van der Waals surface area contributed by atoms with Crippen molar-refractivity contribution in [2.75, 3.05) is 0 Å². The number of rotatable bonds is 2. The van der Waals surface area contributed by atoms with Crippen LogP contribution in [0.1, 0.15) is 20.7 Å². The van der Waals surface area contributed by atoms with Gasteiger partial charge in [0.25, 0.3) is 0 Å². The number of carbonyl (C=O) groups is 2. The maximum atomic E-state index is 10.2. The van der Waals surface area contributed by atoms with Crippen LogP contribution in [0.5, 0.6) is 11.5 Å². The molecule has 1 heterocycles. The van der Waals surface area contributed by atoms with Gasteiger partial charge in [-0.1, -0.05) is 12.1 Å². The van der Waals surface area contributed by atoms with Crippen LogP contribution in [0.4, 0.5) is 0 Å². The Morgan fingerprint density at radius 2 is 1.00 bits per heavy atom. The number of carboxylic acids is 2. The summed E-state index contributed by atoms with van der Waals surface area (Å²) in [5.74, 6) is -2.12. The molecule has 8 heteroatoms. The summed E-state index contributed by atoms with van der Waals surface area (Å²) in [6.07, 6.45) is 6.56. The maximum Gasteiger partial charge on any atom is 0.335 e. The first-order chi connectivity index (χ1) is 12.4. The van der Waals surface area contributed by atoms with Crippen LogP contribution >= 0.6 is 0 Å². The van der Waals surface area contributed by atoms with E-state index in [4.69, 9.17) is 20.4 Å². The molecule has 3 rings (SSSR count). The summed E-state index contributed by atoms with van der Waals surface area (Å²) in [5, 5.41) is 34.4. The van der Waals surface area contributed by atoms with Crippen LogP contribution in [0, 0.1) is 0 Å². The van der Waals surface area contributed by atoms with Crippen molar-refractivity contribution >= 4 is 11.9 Å². The van der Waals surface area contributed by atoms with E-state index in [2.05, 4.69) is 9.97 Å². The number of carboxylic acid groups (broad SMARTS) is 2. The summed E-state index contributed by atoms with van der Waals surface area (Å²) < 4.78 is 0. The molecule has 0 saturated carbocycles. The first-order valence-electron chi connectivity index (χ1n) is 7.14. The second-order valence-corrected chi connectivity index (χ2v) is 4.61. The lowest BCUT2D eigenvalue weighted by atomic mass is 10.2. The molecule has 0 aliphatic heterocycles. The van der Waals surface area contributed by atoms with Crippen LogP contribution in [0.3, 0.4) is 0 Å². The predicted octanol–water partition coefficient (Wildman–Crippen LogP) is 2.66. The fourth-order valence-electron chi connectivity index (χ4n) is 1.53. The van der Waals surface area contributed by atoms with E-state index in [1.165, 1.54) is 48.5 Å². The van der Waals surface area contributed by atoms with E-state index >= 15 is 0 Å². The van der Waals surface area contributed by atoms with Crippen molar-refractivity contribution < 1.29 is 30.0 Å². The molecule has 0 amide bonds. The molecular formula is C18H16N2O6. The van der Waals surface area contributed by atoms with Gasteiger partial charge in [0.1, 0.15) is 11.5 Å². The van der Waals surface area contributed by atoms with Crippen molar-refractivity contribution in [3.05, 3.63) is 84.4 Å². The van der Waals surface area contributed by atoms with Crippen molar-refractivity contribution in [3.63, 3.8) is 0 Å². The van der Waals surface area contributed by atoms with Gasteiger partial charge in [0.15, 0.2) is 0 Å². The molecule has 0 bridgehead atoms. The highest BCUT2D eigenvalue weighted by atomic mass is 16.4. The molecule has 4 N–H and O–H groups in total. The lowest BCUT2D eigenvalue weighted by Gasteiger charge is -1.92. The van der Waals surface area contributed by atoms with Gasteiger partial charge in [0, 0.05) is 24.8 Å². The van der Waals surface area contributed by atoms with Crippen LogP contribution in [0.25, 0.3) is 0 Å². The summed E-state index contributed by atoms with van der Waals surface area (Å²) in [7, 11) is 0. The van der Waals surface area contributed by atoms with Gasteiger partial charge >= 0.3 is 11.9 Å². The van der Waals surface area contributed by atoms with Gasteiger partial charge in [0.2, 0.25) is 0 Å². The fraction of sp³-hybridized carbons (Fsp3) is 0. The summed E-state index contributed by atoms with van der Waals surface area (Å²) in [6, 6.07) is 11.0. The van der Waals surface area contributed by atoms with E-state index in [1.54, 1.807) is 24.8 Å². The Kier molecular flexibility index (Phi) is 8.32. The number of aromatic carboxylic acids is 2. The van der Waals surface area contributed by atoms with Crippen molar-refractivity contribution in [1.82, 2.24) is 9.97 Å². The molecule has 0 saturated heterocycles. The van der Waals surface area contributed by atoms with Crippen LogP contribution in [-0.2, 0) is 0 Å². The molecule has 1 aromatic heterocycles. The number of phenolic OH excluding ortho intramolecular Hbond substituents is 2. The average Bonchev–Trinajstić information content (AvgIpc) is 2.64. The van der Waals surface area contributed by atoms with Crippen LogP contribution < -0.4 is 0 Å². The van der Waals surface area contributed by atoms with Gasteiger partial charge in [-0.05, 0) is 36.4 Å². The first kappa shape index (κ1) is 20.1. The SMILES string of the molecule is O=C(O)c1cccc(O)c1.O=C(O)c1cccc(O)c1.c1cnccn1. The second-order valence-electron chi connectivity index (χ2n) is 4.61. The largest absolute Gasteiger partial charge is 0.508 e. The smallest absolute Gasteiger partial charge is 0.335 e. The highest BCUT2D eigenvalue weighted by Gasteiger charge is 2.01. The van der Waals surface area contributed by atoms with Crippen molar-refractivity contribution in [2.45, 2.75) is 0 Å². The van der Waals surface area contributed by atoms with Crippen molar-refractivity contribution in [1.29, 1.82) is 0 Å². The minimum atomic E-state index is -1.03. The zero-order valence-electron chi connectivity index (χ0n) is 13.4. The lowest BCUT2D eigenvalue weighted by Crippen LogP contribution is -1.94. The predicted molar refractivity (Wildman–Crippen MR) is 92.2 cm³/mol. The monoisotopic (exact) mass is 356 g/mol. The van der Waals surface area contributed by atoms with E-state index in [0.29, 0.717) is 0 Å². The third-order valence-corrected chi connectivity index (χ3v) is 2.66. The molecule has 26 heavy (non-hydrogen) atoms. The van der Waals surface area contributed by atoms with Gasteiger partial charge in [0.05, 0.1) is 11.1 Å². The Morgan fingerprint density at radius 3 is 1.19 bits per heavy atom. The summed E-state index contributed by atoms with van der Waals surface area (Å²) in [4.78, 5) is 27.9. The summed E-state index contributed by atoms with van der Waals surface area (Å²) in [6.45, 7) is 0. The number of phenols is 2. The third-order valence-electron chi connectivity index (χ3n) is 2.66. The molecule has 0 atom stereocenters. The number of benzene rings is 2. The molecule has 0 aliphatic carbocycles. The Hall–Kier alpha value is -3.94. The van der Waals surface area contributed by atoms with E-state index in [0.717, 1.165) is 0 Å². The minimum Gasteiger partial charge on any atom is -0.508 e. The summed E-state index contributed by atoms with van der Waals surface area (Å²) >= 11 is 0. The molecule has 0 spiro atoms. The molecule has 0 unspecified atom stereocenters. The summed E-state index contributed by atoms with van der Waals surface area (Å²) in [5.41, 5.74) is 0.194.